The number of alkyl halides is 3. The number of nitrogens with one attached hydrogen (secondary N) is 2. The van der Waals surface area contributed by atoms with Crippen molar-refractivity contribution in [2.45, 2.75) is 12.2 Å². The molecular weight excluding hydrogens is 385 g/mol. The molecule has 0 bridgehead atoms. The van der Waals surface area contributed by atoms with Crippen molar-refractivity contribution in [1.29, 1.82) is 0 Å². The zero-order valence-corrected chi connectivity index (χ0v) is 15.3. The lowest BCUT2D eigenvalue weighted by Crippen LogP contribution is -2.34. The number of benzene rings is 2. The fourth-order valence-electron chi connectivity index (χ4n) is 2.92. The summed E-state index contributed by atoms with van der Waals surface area (Å²) in [6.07, 6.45) is -4.71. The Balaban J connectivity index is 1.99. The number of halogens is 3. The molecule has 2 aromatic carbocycles. The highest BCUT2D eigenvalue weighted by Crippen LogP contribution is 2.30. The maximum Gasteiger partial charge on any atom is 0.431 e. The molecular formula is C21H17F3N2O3. The number of aromatic nitrogens is 1. The average Bonchev–Trinajstić information content (AvgIpc) is 2.71. The Hall–Kier alpha value is -3.55. The molecule has 1 amide bonds. The summed E-state index contributed by atoms with van der Waals surface area (Å²) in [5.74, 6) is -0.289. The number of para-hydroxylation sites is 1. The van der Waals surface area contributed by atoms with Gasteiger partial charge in [-0.1, -0.05) is 48.5 Å². The number of ether oxygens (including phenoxy) is 1. The van der Waals surface area contributed by atoms with E-state index in [1.54, 1.807) is 53.5 Å². The van der Waals surface area contributed by atoms with Crippen molar-refractivity contribution < 1.29 is 22.7 Å². The number of aromatic amines is 1. The van der Waals surface area contributed by atoms with Crippen molar-refractivity contribution in [2.75, 3.05) is 7.11 Å². The maximum absolute atomic E-state index is 12.8. The van der Waals surface area contributed by atoms with Gasteiger partial charge in [0.1, 0.15) is 17.0 Å². The summed E-state index contributed by atoms with van der Waals surface area (Å²) in [7, 11) is 1.49. The molecule has 5 nitrogen and oxygen atoms in total. The lowest BCUT2D eigenvalue weighted by Gasteiger charge is -2.22. The van der Waals surface area contributed by atoms with Gasteiger partial charge in [-0.3, -0.25) is 9.59 Å². The first kappa shape index (κ1) is 20.2. The Labute approximate surface area is 164 Å². The molecule has 1 unspecified atom stereocenters. The molecule has 1 heterocycles. The van der Waals surface area contributed by atoms with Crippen molar-refractivity contribution in [3.05, 3.63) is 99.5 Å². The van der Waals surface area contributed by atoms with Crippen molar-refractivity contribution in [3.63, 3.8) is 0 Å². The van der Waals surface area contributed by atoms with Crippen LogP contribution in [0.3, 0.4) is 0 Å². The minimum Gasteiger partial charge on any atom is -0.496 e. The summed E-state index contributed by atoms with van der Waals surface area (Å²) in [5.41, 5.74) is -1.41. The first-order valence-corrected chi connectivity index (χ1v) is 8.60. The molecule has 0 saturated carbocycles. The van der Waals surface area contributed by atoms with Crippen molar-refractivity contribution in [1.82, 2.24) is 10.3 Å². The molecule has 2 N–H and O–H groups in total. The van der Waals surface area contributed by atoms with Crippen LogP contribution in [0.1, 0.15) is 33.2 Å². The van der Waals surface area contributed by atoms with E-state index < -0.39 is 34.9 Å². The molecule has 0 spiro atoms. The van der Waals surface area contributed by atoms with E-state index in [0.717, 1.165) is 6.07 Å². The van der Waals surface area contributed by atoms with Crippen LogP contribution in [0.15, 0.2) is 71.5 Å². The normalized spacial score (nSPS) is 12.3. The molecule has 8 heteroatoms. The molecule has 0 fully saturated rings. The van der Waals surface area contributed by atoms with E-state index in [4.69, 9.17) is 4.74 Å². The molecule has 0 aliphatic heterocycles. The second-order valence-corrected chi connectivity index (χ2v) is 6.17. The summed E-state index contributed by atoms with van der Waals surface area (Å²) in [4.78, 5) is 26.5. The van der Waals surface area contributed by atoms with Gasteiger partial charge in [-0.05, 0) is 23.8 Å². The second kappa shape index (κ2) is 8.22. The number of carbonyl (C=O) groups excluding carboxylic acids is 1. The molecule has 3 rings (SSSR count). The number of hydrogen-bond acceptors (Lipinski definition) is 3. The third-order valence-electron chi connectivity index (χ3n) is 4.32. The number of H-pyrrole nitrogens is 1. The Kier molecular flexibility index (Phi) is 5.72. The van der Waals surface area contributed by atoms with Crippen molar-refractivity contribution in [3.8, 4) is 5.75 Å². The highest BCUT2D eigenvalue weighted by molar-refractivity contribution is 5.94. The van der Waals surface area contributed by atoms with Crippen molar-refractivity contribution in [2.24, 2.45) is 0 Å². The molecule has 0 radical (unpaired) electrons. The number of amides is 1. The number of carbonyl (C=O) groups is 1. The number of pyridine rings is 1. The zero-order valence-electron chi connectivity index (χ0n) is 15.3. The topological polar surface area (TPSA) is 71.2 Å². The molecule has 0 saturated heterocycles. The Bertz CT molecular complexity index is 1060. The monoisotopic (exact) mass is 402 g/mol. The zero-order chi connectivity index (χ0) is 21.0. The SMILES string of the molecule is COc1ccccc1C(NC(=O)c1ccc(C(F)(F)F)[nH]c1=O)c1ccccc1. The summed E-state index contributed by atoms with van der Waals surface area (Å²) in [5, 5.41) is 2.72. The van der Waals surface area contributed by atoms with Gasteiger partial charge < -0.3 is 15.0 Å². The van der Waals surface area contributed by atoms with Crippen molar-refractivity contribution >= 4 is 5.91 Å². The first-order valence-electron chi connectivity index (χ1n) is 8.60. The third kappa shape index (κ3) is 4.48. The summed E-state index contributed by atoms with van der Waals surface area (Å²) in [6, 6.07) is 16.8. The fourth-order valence-corrected chi connectivity index (χ4v) is 2.92. The van der Waals surface area contributed by atoms with Crippen LogP contribution in [0.4, 0.5) is 13.2 Å². The van der Waals surface area contributed by atoms with Gasteiger partial charge in [-0.2, -0.15) is 13.2 Å². The van der Waals surface area contributed by atoms with Gasteiger partial charge in [-0.25, -0.2) is 0 Å². The van der Waals surface area contributed by atoms with Gasteiger partial charge in [0.15, 0.2) is 0 Å². The summed E-state index contributed by atoms with van der Waals surface area (Å²) >= 11 is 0. The quantitative estimate of drug-likeness (QED) is 0.680. The number of hydrogen-bond donors (Lipinski definition) is 2. The molecule has 29 heavy (non-hydrogen) atoms. The lowest BCUT2D eigenvalue weighted by molar-refractivity contribution is -0.141. The van der Waals surface area contributed by atoms with E-state index in [-0.39, 0.29) is 0 Å². The van der Waals surface area contributed by atoms with Crippen LogP contribution in [-0.4, -0.2) is 18.0 Å². The Morgan fingerprint density at radius 1 is 1.00 bits per heavy atom. The smallest absolute Gasteiger partial charge is 0.431 e. The van der Waals surface area contributed by atoms with Crippen LogP contribution >= 0.6 is 0 Å². The standard InChI is InChI=1S/C21H17F3N2O3/c1-29-16-10-6-5-9-14(16)18(13-7-3-2-4-8-13)26-20(28)15-11-12-17(21(22,23)24)25-19(15)27/h2-12,18H,1H3,(H,25,27)(H,26,28). The van der Waals surface area contributed by atoms with Crippen LogP contribution in [0.2, 0.25) is 0 Å². The Morgan fingerprint density at radius 3 is 2.28 bits per heavy atom. The number of methoxy groups -OCH3 is 1. The van der Waals surface area contributed by atoms with Gasteiger partial charge in [0.05, 0.1) is 13.2 Å². The highest BCUT2D eigenvalue weighted by atomic mass is 19.4. The van der Waals surface area contributed by atoms with Gasteiger partial charge in [0.2, 0.25) is 0 Å². The van der Waals surface area contributed by atoms with E-state index in [0.29, 0.717) is 22.9 Å². The molecule has 1 aromatic heterocycles. The third-order valence-corrected chi connectivity index (χ3v) is 4.32. The molecule has 3 aromatic rings. The molecule has 1 atom stereocenters. The van der Waals surface area contributed by atoms with Gasteiger partial charge in [0.25, 0.3) is 11.5 Å². The Morgan fingerprint density at radius 2 is 1.66 bits per heavy atom. The van der Waals surface area contributed by atoms with E-state index in [1.807, 2.05) is 6.07 Å². The minimum absolute atomic E-state index is 0.422. The number of rotatable bonds is 5. The maximum atomic E-state index is 12.8. The summed E-state index contributed by atoms with van der Waals surface area (Å²) in [6.45, 7) is 0. The van der Waals surface area contributed by atoms with E-state index in [9.17, 15) is 22.8 Å². The first-order chi connectivity index (χ1) is 13.8. The van der Waals surface area contributed by atoms with Gasteiger partial charge >= 0.3 is 6.18 Å². The highest BCUT2D eigenvalue weighted by Gasteiger charge is 2.32. The van der Waals surface area contributed by atoms with E-state index in [1.165, 1.54) is 7.11 Å². The predicted molar refractivity (Wildman–Crippen MR) is 101 cm³/mol. The summed E-state index contributed by atoms with van der Waals surface area (Å²) < 4.78 is 43.6. The molecule has 0 aliphatic carbocycles. The molecule has 150 valence electrons. The largest absolute Gasteiger partial charge is 0.496 e. The minimum atomic E-state index is -4.71. The van der Waals surface area contributed by atoms with Gasteiger partial charge in [0, 0.05) is 5.56 Å². The van der Waals surface area contributed by atoms with E-state index in [2.05, 4.69) is 5.32 Å². The average molecular weight is 402 g/mol. The second-order valence-electron chi connectivity index (χ2n) is 6.17. The van der Waals surface area contributed by atoms with Crippen LogP contribution < -0.4 is 15.6 Å². The van der Waals surface area contributed by atoms with Gasteiger partial charge in [-0.15, -0.1) is 0 Å². The fraction of sp³-hybridized carbons (Fsp3) is 0.143. The van der Waals surface area contributed by atoms with E-state index >= 15 is 0 Å². The molecule has 0 aliphatic rings. The lowest BCUT2D eigenvalue weighted by atomic mass is 9.97. The van der Waals surface area contributed by atoms with Crippen LogP contribution in [0.5, 0.6) is 5.75 Å². The predicted octanol–water partition coefficient (Wildman–Crippen LogP) is 3.92. The van der Waals surface area contributed by atoms with Crippen LogP contribution in [0.25, 0.3) is 0 Å². The van der Waals surface area contributed by atoms with Crippen LogP contribution in [0, 0.1) is 0 Å². The van der Waals surface area contributed by atoms with Crippen LogP contribution in [-0.2, 0) is 6.18 Å².